The summed E-state index contributed by atoms with van der Waals surface area (Å²) in [6.07, 6.45) is 8.92. The average Bonchev–Trinajstić information content (AvgIpc) is 2.31. The number of para-hydroxylation sites is 1. The molecule has 15 heavy (non-hydrogen) atoms. The predicted octanol–water partition coefficient (Wildman–Crippen LogP) is 4.04. The van der Waals surface area contributed by atoms with Crippen LogP contribution in [0.5, 0.6) is 5.75 Å². The summed E-state index contributed by atoms with van der Waals surface area (Å²) in [6.45, 7) is 0. The van der Waals surface area contributed by atoms with Crippen molar-refractivity contribution in [1.29, 1.82) is 0 Å². The van der Waals surface area contributed by atoms with E-state index in [2.05, 4.69) is 18.2 Å². The van der Waals surface area contributed by atoms with Crippen LogP contribution >= 0.6 is 0 Å². The number of hydrogen-bond donors (Lipinski definition) is 0. The van der Waals surface area contributed by atoms with Gasteiger partial charge in [-0.15, -0.1) is 0 Å². The molecule has 2 rings (SSSR count). The minimum atomic E-state index is 0.982. The van der Waals surface area contributed by atoms with E-state index in [1.807, 2.05) is 12.1 Å². The molecule has 0 unspecified atom stereocenters. The first-order valence-electron chi connectivity index (χ1n) is 5.72. The van der Waals surface area contributed by atoms with Crippen molar-refractivity contribution < 1.29 is 4.74 Å². The molecule has 1 nitrogen and oxygen atoms in total. The highest BCUT2D eigenvalue weighted by Gasteiger charge is 2.06. The van der Waals surface area contributed by atoms with Gasteiger partial charge in [0.25, 0.3) is 0 Å². The van der Waals surface area contributed by atoms with E-state index in [-0.39, 0.29) is 0 Å². The van der Waals surface area contributed by atoms with Crippen molar-refractivity contribution in [1.82, 2.24) is 0 Å². The molecule has 0 heterocycles. The van der Waals surface area contributed by atoms with Gasteiger partial charge in [-0.25, -0.2) is 0 Å². The maximum absolute atomic E-state index is 5.34. The molecule has 0 saturated heterocycles. The molecule has 1 aliphatic carbocycles. The summed E-state index contributed by atoms with van der Waals surface area (Å²) in [5, 5.41) is 0. The number of benzene rings is 1. The van der Waals surface area contributed by atoms with E-state index in [1.165, 1.54) is 37.7 Å². The Morgan fingerprint density at radius 2 is 1.80 bits per heavy atom. The Kier molecular flexibility index (Phi) is 3.44. The normalized spacial score (nSPS) is 16.2. The highest BCUT2D eigenvalue weighted by molar-refractivity contribution is 5.59. The highest BCUT2D eigenvalue weighted by Crippen LogP contribution is 2.27. The van der Waals surface area contributed by atoms with Crippen molar-refractivity contribution in [2.45, 2.75) is 32.1 Å². The van der Waals surface area contributed by atoms with Crippen molar-refractivity contribution in [3.05, 3.63) is 35.4 Å². The van der Waals surface area contributed by atoms with Gasteiger partial charge in [0, 0.05) is 5.56 Å². The summed E-state index contributed by atoms with van der Waals surface area (Å²) in [4.78, 5) is 0. The van der Waals surface area contributed by atoms with Gasteiger partial charge in [-0.05, 0) is 31.7 Å². The Morgan fingerprint density at radius 1 is 1.07 bits per heavy atom. The van der Waals surface area contributed by atoms with Gasteiger partial charge in [-0.1, -0.05) is 36.3 Å². The van der Waals surface area contributed by atoms with Crippen molar-refractivity contribution in [2.24, 2.45) is 0 Å². The number of hydrogen-bond acceptors (Lipinski definition) is 1. The van der Waals surface area contributed by atoms with Gasteiger partial charge < -0.3 is 4.74 Å². The fraction of sp³-hybridized carbons (Fsp3) is 0.429. The second-order valence-electron chi connectivity index (χ2n) is 4.11. The Balaban J connectivity index is 2.21. The van der Waals surface area contributed by atoms with E-state index < -0.39 is 0 Å². The minimum Gasteiger partial charge on any atom is -0.496 e. The van der Waals surface area contributed by atoms with Gasteiger partial charge in [-0.3, -0.25) is 0 Å². The Hall–Kier alpha value is -1.24. The second-order valence-corrected chi connectivity index (χ2v) is 4.11. The third kappa shape index (κ3) is 2.62. The van der Waals surface area contributed by atoms with E-state index in [4.69, 9.17) is 4.74 Å². The van der Waals surface area contributed by atoms with Crippen molar-refractivity contribution >= 4 is 6.08 Å². The molecular formula is C14H18O. The molecule has 0 amide bonds. The van der Waals surface area contributed by atoms with E-state index >= 15 is 0 Å². The first kappa shape index (κ1) is 10.3. The predicted molar refractivity (Wildman–Crippen MR) is 64.1 cm³/mol. The van der Waals surface area contributed by atoms with Crippen LogP contribution in [-0.2, 0) is 0 Å². The fourth-order valence-electron chi connectivity index (χ4n) is 2.16. The average molecular weight is 202 g/mol. The van der Waals surface area contributed by atoms with Crippen LogP contribution in [0, 0.1) is 0 Å². The lowest BCUT2D eigenvalue weighted by molar-refractivity contribution is 0.414. The molecular weight excluding hydrogens is 184 g/mol. The largest absolute Gasteiger partial charge is 0.496 e. The molecule has 80 valence electrons. The molecule has 0 radical (unpaired) electrons. The Morgan fingerprint density at radius 3 is 2.53 bits per heavy atom. The van der Waals surface area contributed by atoms with E-state index in [0.717, 1.165) is 5.75 Å². The van der Waals surface area contributed by atoms with Gasteiger partial charge in [-0.2, -0.15) is 0 Å². The third-order valence-electron chi connectivity index (χ3n) is 2.99. The second kappa shape index (κ2) is 5.01. The summed E-state index contributed by atoms with van der Waals surface area (Å²) in [7, 11) is 1.73. The molecule has 0 bridgehead atoms. The SMILES string of the molecule is COc1ccccc1C=C1CCCCC1. The maximum Gasteiger partial charge on any atom is 0.126 e. The molecule has 1 aromatic carbocycles. The van der Waals surface area contributed by atoms with Crippen molar-refractivity contribution in [2.75, 3.05) is 7.11 Å². The summed E-state index contributed by atoms with van der Waals surface area (Å²) in [6, 6.07) is 8.23. The topological polar surface area (TPSA) is 9.23 Å². The monoisotopic (exact) mass is 202 g/mol. The summed E-state index contributed by atoms with van der Waals surface area (Å²) in [5.41, 5.74) is 2.79. The Labute approximate surface area is 91.8 Å². The van der Waals surface area contributed by atoms with E-state index in [1.54, 1.807) is 12.7 Å². The number of methoxy groups -OCH3 is 1. The van der Waals surface area contributed by atoms with E-state index in [0.29, 0.717) is 0 Å². The zero-order chi connectivity index (χ0) is 10.5. The van der Waals surface area contributed by atoms with Crippen LogP contribution in [0.1, 0.15) is 37.7 Å². The zero-order valence-electron chi connectivity index (χ0n) is 9.33. The van der Waals surface area contributed by atoms with Crippen molar-refractivity contribution in [3.8, 4) is 5.75 Å². The molecule has 1 heteroatoms. The van der Waals surface area contributed by atoms with Crippen LogP contribution in [-0.4, -0.2) is 7.11 Å². The molecule has 0 spiro atoms. The van der Waals surface area contributed by atoms with Crippen LogP contribution in [0.4, 0.5) is 0 Å². The molecule has 0 aromatic heterocycles. The van der Waals surface area contributed by atoms with Gasteiger partial charge in [0.15, 0.2) is 0 Å². The minimum absolute atomic E-state index is 0.982. The third-order valence-corrected chi connectivity index (χ3v) is 2.99. The molecule has 0 aliphatic heterocycles. The number of allylic oxidation sites excluding steroid dienone is 1. The van der Waals surface area contributed by atoms with Crippen LogP contribution in [0.2, 0.25) is 0 Å². The van der Waals surface area contributed by atoms with Crippen LogP contribution in [0.25, 0.3) is 6.08 Å². The highest BCUT2D eigenvalue weighted by atomic mass is 16.5. The lowest BCUT2D eigenvalue weighted by Crippen LogP contribution is -1.94. The number of rotatable bonds is 2. The lowest BCUT2D eigenvalue weighted by Gasteiger charge is -2.14. The standard InChI is InChI=1S/C14H18O/c1-15-14-10-6-5-9-13(14)11-12-7-3-2-4-8-12/h5-6,9-11H,2-4,7-8H2,1H3. The molecule has 1 aromatic rings. The quantitative estimate of drug-likeness (QED) is 0.703. The van der Waals surface area contributed by atoms with Gasteiger partial charge in [0.05, 0.1) is 7.11 Å². The van der Waals surface area contributed by atoms with Gasteiger partial charge in [0.1, 0.15) is 5.75 Å². The first-order valence-corrected chi connectivity index (χ1v) is 5.72. The van der Waals surface area contributed by atoms with E-state index in [9.17, 15) is 0 Å². The first-order chi connectivity index (χ1) is 7.40. The van der Waals surface area contributed by atoms with Crippen LogP contribution in [0.15, 0.2) is 29.8 Å². The molecule has 0 atom stereocenters. The molecule has 0 N–H and O–H groups in total. The Bertz CT molecular complexity index is 344. The fourth-order valence-corrected chi connectivity index (χ4v) is 2.16. The molecule has 1 saturated carbocycles. The summed E-state index contributed by atoms with van der Waals surface area (Å²) in [5.74, 6) is 0.982. The van der Waals surface area contributed by atoms with Crippen LogP contribution < -0.4 is 4.74 Å². The number of ether oxygens (including phenoxy) is 1. The van der Waals surface area contributed by atoms with Crippen LogP contribution in [0.3, 0.4) is 0 Å². The summed E-state index contributed by atoms with van der Waals surface area (Å²) < 4.78 is 5.34. The zero-order valence-corrected chi connectivity index (χ0v) is 9.33. The smallest absolute Gasteiger partial charge is 0.126 e. The summed E-state index contributed by atoms with van der Waals surface area (Å²) >= 11 is 0. The van der Waals surface area contributed by atoms with Gasteiger partial charge >= 0.3 is 0 Å². The van der Waals surface area contributed by atoms with Gasteiger partial charge in [0.2, 0.25) is 0 Å². The lowest BCUT2D eigenvalue weighted by atomic mass is 9.93. The molecule has 1 aliphatic rings. The molecule has 1 fully saturated rings. The van der Waals surface area contributed by atoms with Crippen molar-refractivity contribution in [3.63, 3.8) is 0 Å². The maximum atomic E-state index is 5.34.